The summed E-state index contributed by atoms with van der Waals surface area (Å²) in [4.78, 5) is 29.2. The zero-order valence-electron chi connectivity index (χ0n) is 13.5. The van der Waals surface area contributed by atoms with E-state index in [2.05, 4.69) is 10.3 Å². The molecule has 3 fully saturated rings. The Labute approximate surface area is 141 Å². The van der Waals surface area contributed by atoms with Crippen molar-refractivity contribution in [3.05, 3.63) is 22.4 Å². The Kier molecular flexibility index (Phi) is 3.92. The Bertz CT molecular complexity index is 596. The Hall–Kier alpha value is -1.36. The lowest BCUT2D eigenvalue weighted by molar-refractivity contribution is -0.140. The van der Waals surface area contributed by atoms with Gasteiger partial charge >= 0.3 is 0 Å². The smallest absolute Gasteiger partial charge is 0.227 e. The summed E-state index contributed by atoms with van der Waals surface area (Å²) in [5.41, 5.74) is 1.04. The number of nitrogens with zero attached hydrogens (tertiary/aromatic N) is 2. The lowest BCUT2D eigenvalue weighted by Gasteiger charge is -2.46. The Balaban J connectivity index is 1.46. The molecule has 1 unspecified atom stereocenters. The predicted octanol–water partition coefficient (Wildman–Crippen LogP) is 2.68. The van der Waals surface area contributed by atoms with Crippen LogP contribution in [0.15, 0.2) is 16.8 Å². The number of carbonyl (C=O) groups is 2. The van der Waals surface area contributed by atoms with E-state index in [4.69, 9.17) is 0 Å². The number of hydrogen-bond acceptors (Lipinski definition) is 3. The van der Waals surface area contributed by atoms with Crippen LogP contribution in [-0.2, 0) is 16.0 Å². The molecule has 4 rings (SSSR count). The third kappa shape index (κ3) is 3.03. The van der Waals surface area contributed by atoms with Crippen LogP contribution in [0.3, 0.4) is 0 Å². The van der Waals surface area contributed by atoms with Crippen molar-refractivity contribution in [1.29, 1.82) is 0 Å². The molecule has 1 aliphatic carbocycles. The number of likely N-dealkylation sites (tertiary alicyclic amines) is 2. The average Bonchev–Trinajstić information content (AvgIpc) is 3.16. The first-order valence-corrected chi connectivity index (χ1v) is 9.70. The lowest BCUT2D eigenvalue weighted by Crippen LogP contribution is -2.58. The highest BCUT2D eigenvalue weighted by molar-refractivity contribution is 7.08. The summed E-state index contributed by atoms with van der Waals surface area (Å²) in [6.45, 7) is 2.51. The van der Waals surface area contributed by atoms with E-state index >= 15 is 0 Å². The molecule has 2 amide bonds. The second-order valence-corrected chi connectivity index (χ2v) is 8.18. The van der Waals surface area contributed by atoms with Gasteiger partial charge in [-0.15, -0.1) is 0 Å². The molecule has 3 aliphatic rings. The summed E-state index contributed by atoms with van der Waals surface area (Å²) in [7, 11) is 0. The zero-order chi connectivity index (χ0) is 15.9. The number of amides is 2. The molecule has 3 heterocycles. The first-order chi connectivity index (χ1) is 11.2. The van der Waals surface area contributed by atoms with Crippen molar-refractivity contribution in [3.8, 4) is 0 Å². The van der Waals surface area contributed by atoms with Crippen LogP contribution in [0, 0.1) is 5.92 Å². The van der Waals surface area contributed by atoms with Gasteiger partial charge in [0.2, 0.25) is 11.8 Å². The van der Waals surface area contributed by atoms with E-state index in [1.165, 1.54) is 12.8 Å². The van der Waals surface area contributed by atoms with Gasteiger partial charge in [0.1, 0.15) is 0 Å². The molecule has 1 atom stereocenters. The van der Waals surface area contributed by atoms with Crippen LogP contribution in [0.1, 0.15) is 44.1 Å². The fraction of sp³-hybridized carbons (Fsp3) is 0.667. The average molecular weight is 332 g/mol. The number of piperidine rings is 1. The summed E-state index contributed by atoms with van der Waals surface area (Å²) in [6, 6.07) is 2.03. The fourth-order valence-corrected chi connectivity index (χ4v) is 4.83. The van der Waals surface area contributed by atoms with E-state index in [-0.39, 0.29) is 11.4 Å². The maximum atomic E-state index is 12.7. The van der Waals surface area contributed by atoms with Gasteiger partial charge < -0.3 is 9.80 Å². The van der Waals surface area contributed by atoms with Gasteiger partial charge in [-0.3, -0.25) is 9.59 Å². The van der Waals surface area contributed by atoms with E-state index < -0.39 is 0 Å². The lowest BCUT2D eigenvalue weighted by atomic mass is 9.86. The molecule has 2 aliphatic heterocycles. The van der Waals surface area contributed by atoms with Gasteiger partial charge in [-0.25, -0.2) is 0 Å². The SMILES string of the molecule is O=C(Cc1ccsc1)N1CCCC2(CCC(=O)N2CC2CC2)C1. The van der Waals surface area contributed by atoms with Crippen molar-refractivity contribution < 1.29 is 9.59 Å². The van der Waals surface area contributed by atoms with Crippen LogP contribution in [0.25, 0.3) is 0 Å². The summed E-state index contributed by atoms with van der Waals surface area (Å²) in [5.74, 6) is 1.24. The summed E-state index contributed by atoms with van der Waals surface area (Å²) >= 11 is 1.64. The molecule has 23 heavy (non-hydrogen) atoms. The van der Waals surface area contributed by atoms with Crippen molar-refractivity contribution in [3.63, 3.8) is 0 Å². The maximum absolute atomic E-state index is 12.7. The summed E-state index contributed by atoms with van der Waals surface area (Å²) in [6.07, 6.45) is 6.70. The van der Waals surface area contributed by atoms with Crippen LogP contribution in [0.2, 0.25) is 0 Å². The largest absolute Gasteiger partial charge is 0.340 e. The van der Waals surface area contributed by atoms with E-state index in [1.54, 1.807) is 11.3 Å². The Morgan fingerprint density at radius 2 is 2.22 bits per heavy atom. The molecule has 1 aromatic heterocycles. The molecule has 2 saturated heterocycles. The van der Waals surface area contributed by atoms with Crippen molar-refractivity contribution in [2.24, 2.45) is 5.92 Å². The van der Waals surface area contributed by atoms with Crippen molar-refractivity contribution in [2.45, 2.75) is 50.5 Å². The molecular weight excluding hydrogens is 308 g/mol. The molecule has 124 valence electrons. The second-order valence-electron chi connectivity index (χ2n) is 7.40. The van der Waals surface area contributed by atoms with Gasteiger partial charge in [-0.2, -0.15) is 11.3 Å². The quantitative estimate of drug-likeness (QED) is 0.850. The Morgan fingerprint density at radius 1 is 1.35 bits per heavy atom. The van der Waals surface area contributed by atoms with Crippen LogP contribution in [0.5, 0.6) is 0 Å². The third-order valence-corrected chi connectivity index (χ3v) is 6.39. The summed E-state index contributed by atoms with van der Waals surface area (Å²) in [5, 5.41) is 4.07. The first kappa shape index (κ1) is 15.2. The minimum atomic E-state index is -0.0672. The van der Waals surface area contributed by atoms with Gasteiger partial charge in [-0.1, -0.05) is 0 Å². The van der Waals surface area contributed by atoms with E-state index in [1.807, 2.05) is 16.3 Å². The zero-order valence-corrected chi connectivity index (χ0v) is 14.3. The molecule has 1 spiro atoms. The number of hydrogen-bond donors (Lipinski definition) is 0. The third-order valence-electron chi connectivity index (χ3n) is 5.66. The predicted molar refractivity (Wildman–Crippen MR) is 90.2 cm³/mol. The van der Waals surface area contributed by atoms with E-state index in [0.717, 1.165) is 44.5 Å². The monoisotopic (exact) mass is 332 g/mol. The highest BCUT2D eigenvalue weighted by Gasteiger charge is 2.49. The number of thiophene rings is 1. The van der Waals surface area contributed by atoms with Crippen LogP contribution in [0.4, 0.5) is 0 Å². The van der Waals surface area contributed by atoms with E-state index in [0.29, 0.717) is 24.7 Å². The molecule has 1 aromatic rings. The van der Waals surface area contributed by atoms with Gasteiger partial charge in [0, 0.05) is 26.1 Å². The van der Waals surface area contributed by atoms with Gasteiger partial charge in [0.15, 0.2) is 0 Å². The van der Waals surface area contributed by atoms with Crippen LogP contribution < -0.4 is 0 Å². The van der Waals surface area contributed by atoms with Crippen LogP contribution in [-0.4, -0.2) is 46.8 Å². The maximum Gasteiger partial charge on any atom is 0.227 e. The summed E-state index contributed by atoms with van der Waals surface area (Å²) < 4.78 is 0. The first-order valence-electron chi connectivity index (χ1n) is 8.76. The van der Waals surface area contributed by atoms with E-state index in [9.17, 15) is 9.59 Å². The molecule has 0 radical (unpaired) electrons. The minimum Gasteiger partial charge on any atom is -0.340 e. The molecule has 5 heteroatoms. The Morgan fingerprint density at radius 3 is 2.96 bits per heavy atom. The number of rotatable bonds is 4. The molecular formula is C18H24N2O2S. The molecule has 4 nitrogen and oxygen atoms in total. The fourth-order valence-electron chi connectivity index (χ4n) is 4.16. The second kappa shape index (κ2) is 5.93. The molecule has 1 saturated carbocycles. The van der Waals surface area contributed by atoms with Gasteiger partial charge in [0.25, 0.3) is 0 Å². The standard InChI is InChI=1S/C18H24N2O2S/c21-16-4-7-18(20(16)11-14-2-3-14)6-1-8-19(13-18)17(22)10-15-5-9-23-12-15/h5,9,12,14H,1-4,6-8,10-11,13H2. The van der Waals surface area contributed by atoms with Gasteiger partial charge in [-0.05, 0) is 60.4 Å². The normalized spacial score (nSPS) is 27.9. The number of carbonyl (C=O) groups excluding carboxylic acids is 2. The van der Waals surface area contributed by atoms with Crippen LogP contribution >= 0.6 is 11.3 Å². The highest BCUT2D eigenvalue weighted by atomic mass is 32.1. The van der Waals surface area contributed by atoms with Crippen molar-refractivity contribution >= 4 is 23.2 Å². The topological polar surface area (TPSA) is 40.6 Å². The molecule has 0 aromatic carbocycles. The van der Waals surface area contributed by atoms with Crippen molar-refractivity contribution in [1.82, 2.24) is 9.80 Å². The minimum absolute atomic E-state index is 0.0672. The van der Waals surface area contributed by atoms with Gasteiger partial charge in [0.05, 0.1) is 12.0 Å². The van der Waals surface area contributed by atoms with Crippen molar-refractivity contribution in [2.75, 3.05) is 19.6 Å². The molecule has 0 N–H and O–H groups in total. The highest BCUT2D eigenvalue weighted by Crippen LogP contribution is 2.41. The molecule has 0 bridgehead atoms.